The molecule has 0 aliphatic heterocycles. The Morgan fingerprint density at radius 1 is 1.33 bits per heavy atom. The van der Waals surface area contributed by atoms with Crippen molar-refractivity contribution in [3.8, 4) is 0 Å². The molecule has 27 heavy (non-hydrogen) atoms. The van der Waals surface area contributed by atoms with Crippen LogP contribution < -0.4 is 11.1 Å². The number of hydrogen-bond acceptors (Lipinski definition) is 6. The van der Waals surface area contributed by atoms with Gasteiger partial charge in [-0.1, -0.05) is 6.92 Å². The Morgan fingerprint density at radius 3 is 2.81 bits per heavy atom. The van der Waals surface area contributed by atoms with Crippen LogP contribution in [0.3, 0.4) is 0 Å². The fourth-order valence-corrected chi connectivity index (χ4v) is 5.38. The first-order valence-corrected chi connectivity index (χ1v) is 11.0. The van der Waals surface area contributed by atoms with Gasteiger partial charge in [0.1, 0.15) is 5.00 Å². The Hall–Kier alpha value is -1.77. The predicted molar refractivity (Wildman–Crippen MR) is 111 cm³/mol. The van der Waals surface area contributed by atoms with Crippen LogP contribution in [0.15, 0.2) is 5.38 Å². The standard InChI is InChI=1S/C19H26N4O2S2/c1-3-16-21-12(11-26-16)10-23(2)9-8-15(24)22-19-17(18(20)25)13-6-4-5-7-14(13)27-19/h11H,3-10H2,1-2H3,(H2,20,25)(H,22,24). The molecule has 0 bridgehead atoms. The fourth-order valence-electron chi connectivity index (χ4n) is 3.34. The molecular weight excluding hydrogens is 380 g/mol. The van der Waals surface area contributed by atoms with E-state index in [0.29, 0.717) is 23.5 Å². The number of aromatic nitrogens is 1. The molecule has 3 rings (SSSR count). The fraction of sp³-hybridized carbons (Fsp3) is 0.526. The van der Waals surface area contributed by atoms with E-state index < -0.39 is 5.91 Å². The van der Waals surface area contributed by atoms with Gasteiger partial charge in [0.05, 0.1) is 16.3 Å². The third kappa shape index (κ3) is 4.94. The number of nitrogens with zero attached hydrogens (tertiary/aromatic N) is 2. The number of carbonyl (C=O) groups is 2. The molecule has 146 valence electrons. The van der Waals surface area contributed by atoms with Gasteiger partial charge in [-0.2, -0.15) is 0 Å². The quantitative estimate of drug-likeness (QED) is 0.705. The summed E-state index contributed by atoms with van der Waals surface area (Å²) >= 11 is 3.18. The lowest BCUT2D eigenvalue weighted by Gasteiger charge is -2.15. The average molecular weight is 407 g/mol. The molecule has 0 spiro atoms. The zero-order valence-corrected chi connectivity index (χ0v) is 17.5. The third-order valence-electron chi connectivity index (χ3n) is 4.72. The van der Waals surface area contributed by atoms with E-state index in [4.69, 9.17) is 5.73 Å². The maximum Gasteiger partial charge on any atom is 0.251 e. The minimum atomic E-state index is -0.447. The zero-order valence-electron chi connectivity index (χ0n) is 15.8. The van der Waals surface area contributed by atoms with Crippen molar-refractivity contribution in [2.45, 2.75) is 52.0 Å². The first-order chi connectivity index (χ1) is 13.0. The molecule has 2 aromatic heterocycles. The molecule has 2 aromatic rings. The Morgan fingerprint density at radius 2 is 2.11 bits per heavy atom. The van der Waals surface area contributed by atoms with Gasteiger partial charge in [0.2, 0.25) is 5.91 Å². The van der Waals surface area contributed by atoms with Crippen LogP contribution in [0.25, 0.3) is 0 Å². The summed E-state index contributed by atoms with van der Waals surface area (Å²) in [4.78, 5) is 32.1. The van der Waals surface area contributed by atoms with Crippen molar-refractivity contribution in [2.75, 3.05) is 18.9 Å². The van der Waals surface area contributed by atoms with Crippen LogP contribution in [-0.4, -0.2) is 35.3 Å². The minimum absolute atomic E-state index is 0.0875. The topological polar surface area (TPSA) is 88.3 Å². The van der Waals surface area contributed by atoms with Gasteiger partial charge in [-0.25, -0.2) is 4.98 Å². The number of hydrogen-bond donors (Lipinski definition) is 2. The average Bonchev–Trinajstić information content (AvgIpc) is 3.23. The zero-order chi connectivity index (χ0) is 19.4. The van der Waals surface area contributed by atoms with Gasteiger partial charge in [-0.3, -0.25) is 9.59 Å². The van der Waals surface area contributed by atoms with Crippen LogP contribution in [0.4, 0.5) is 5.00 Å². The van der Waals surface area contributed by atoms with Crippen LogP contribution in [0.5, 0.6) is 0 Å². The lowest BCUT2D eigenvalue weighted by Crippen LogP contribution is -2.24. The van der Waals surface area contributed by atoms with Crippen LogP contribution in [0, 0.1) is 0 Å². The number of thiophene rings is 1. The van der Waals surface area contributed by atoms with Crippen LogP contribution in [0.1, 0.15) is 57.7 Å². The Balaban J connectivity index is 1.56. The number of nitrogens with two attached hydrogens (primary N) is 1. The highest BCUT2D eigenvalue weighted by atomic mass is 32.1. The van der Waals surface area contributed by atoms with Crippen molar-refractivity contribution < 1.29 is 9.59 Å². The highest BCUT2D eigenvalue weighted by Gasteiger charge is 2.24. The Bertz CT molecular complexity index is 828. The van der Waals surface area contributed by atoms with Gasteiger partial charge in [0.15, 0.2) is 0 Å². The van der Waals surface area contributed by atoms with Crippen molar-refractivity contribution in [2.24, 2.45) is 5.73 Å². The summed E-state index contributed by atoms with van der Waals surface area (Å²) in [6.07, 6.45) is 5.34. The largest absolute Gasteiger partial charge is 0.365 e. The van der Waals surface area contributed by atoms with Crippen molar-refractivity contribution in [1.29, 1.82) is 0 Å². The number of fused-ring (bicyclic) bond motifs is 1. The van der Waals surface area contributed by atoms with Crippen LogP contribution in [0.2, 0.25) is 0 Å². The minimum Gasteiger partial charge on any atom is -0.365 e. The van der Waals surface area contributed by atoms with Crippen LogP contribution in [-0.2, 0) is 30.6 Å². The lowest BCUT2D eigenvalue weighted by atomic mass is 9.95. The van der Waals surface area contributed by atoms with E-state index in [9.17, 15) is 9.59 Å². The number of carbonyl (C=O) groups excluding carboxylic acids is 2. The van der Waals surface area contributed by atoms with Crippen molar-refractivity contribution >= 4 is 39.5 Å². The summed E-state index contributed by atoms with van der Waals surface area (Å²) in [7, 11) is 1.98. The molecule has 2 amide bonds. The molecule has 0 unspecified atom stereocenters. The Labute approximate surface area is 167 Å². The van der Waals surface area contributed by atoms with Gasteiger partial charge in [-0.05, 0) is 44.7 Å². The van der Waals surface area contributed by atoms with Gasteiger partial charge in [0.25, 0.3) is 5.91 Å². The number of thiazole rings is 1. The molecule has 2 heterocycles. The highest BCUT2D eigenvalue weighted by molar-refractivity contribution is 7.17. The molecule has 0 fully saturated rings. The van der Waals surface area contributed by atoms with Crippen molar-refractivity contribution in [3.63, 3.8) is 0 Å². The molecule has 8 heteroatoms. The molecule has 0 aromatic carbocycles. The normalized spacial score (nSPS) is 13.6. The van der Waals surface area contributed by atoms with E-state index in [1.54, 1.807) is 11.3 Å². The summed E-state index contributed by atoms with van der Waals surface area (Å²) in [5.74, 6) is -0.535. The van der Waals surface area contributed by atoms with Crippen molar-refractivity contribution in [3.05, 3.63) is 32.1 Å². The van der Waals surface area contributed by atoms with E-state index in [1.807, 2.05) is 7.05 Å². The van der Waals surface area contributed by atoms with E-state index >= 15 is 0 Å². The summed E-state index contributed by atoms with van der Waals surface area (Å²) < 4.78 is 0. The number of nitrogens with one attached hydrogen (secondary N) is 1. The van der Waals surface area contributed by atoms with E-state index in [1.165, 1.54) is 16.2 Å². The second-order valence-corrected chi connectivity index (χ2v) is 8.95. The summed E-state index contributed by atoms with van der Waals surface area (Å²) in [5.41, 5.74) is 8.19. The van der Waals surface area contributed by atoms with E-state index in [0.717, 1.165) is 54.9 Å². The maximum absolute atomic E-state index is 12.4. The summed E-state index contributed by atoms with van der Waals surface area (Å²) in [6, 6.07) is 0. The molecule has 1 aliphatic carbocycles. The molecule has 0 saturated heterocycles. The Kier molecular flexibility index (Phi) is 6.62. The monoisotopic (exact) mass is 406 g/mol. The molecular formula is C19H26N4O2S2. The van der Waals surface area contributed by atoms with E-state index in [-0.39, 0.29) is 5.91 Å². The molecule has 1 aliphatic rings. The van der Waals surface area contributed by atoms with Gasteiger partial charge >= 0.3 is 0 Å². The smallest absolute Gasteiger partial charge is 0.251 e. The number of anilines is 1. The maximum atomic E-state index is 12.4. The highest BCUT2D eigenvalue weighted by Crippen LogP contribution is 2.37. The molecule has 0 saturated carbocycles. The lowest BCUT2D eigenvalue weighted by molar-refractivity contribution is -0.116. The predicted octanol–water partition coefficient (Wildman–Crippen LogP) is 3.21. The van der Waals surface area contributed by atoms with Gasteiger partial charge < -0.3 is 16.0 Å². The number of aryl methyl sites for hydroxylation is 2. The number of primary amides is 1. The van der Waals surface area contributed by atoms with Crippen molar-refractivity contribution in [1.82, 2.24) is 9.88 Å². The third-order valence-corrected chi connectivity index (χ3v) is 6.97. The summed E-state index contributed by atoms with van der Waals surface area (Å²) in [5, 5.41) is 6.75. The van der Waals surface area contributed by atoms with Crippen LogP contribution >= 0.6 is 22.7 Å². The number of rotatable bonds is 8. The molecule has 6 nitrogen and oxygen atoms in total. The second kappa shape index (κ2) is 8.95. The first kappa shape index (κ1) is 20.0. The summed E-state index contributed by atoms with van der Waals surface area (Å²) in [6.45, 7) is 3.45. The number of amides is 2. The van der Waals surface area contributed by atoms with Gasteiger partial charge in [-0.15, -0.1) is 22.7 Å². The van der Waals surface area contributed by atoms with Gasteiger partial charge in [0, 0.05) is 29.8 Å². The molecule has 0 radical (unpaired) electrons. The molecule has 0 atom stereocenters. The van der Waals surface area contributed by atoms with E-state index in [2.05, 4.69) is 27.5 Å². The second-order valence-electron chi connectivity index (χ2n) is 6.90. The molecule has 3 N–H and O–H groups in total. The SMILES string of the molecule is CCc1nc(CN(C)CCC(=O)Nc2sc3c(c2C(N)=O)CCCC3)cs1. The first-order valence-electron chi connectivity index (χ1n) is 9.34.